The largest absolute Gasteiger partial charge is 0.400 e. The molecule has 0 saturated heterocycles. The van der Waals surface area contributed by atoms with Crippen molar-refractivity contribution in [1.29, 1.82) is 0 Å². The molecule has 1 aliphatic rings. The van der Waals surface area contributed by atoms with Crippen LogP contribution >= 0.6 is 11.6 Å². The first-order valence-electron chi connectivity index (χ1n) is 9.35. The molecule has 13 heteroatoms. The second-order valence-electron chi connectivity index (χ2n) is 7.00. The van der Waals surface area contributed by atoms with Crippen molar-refractivity contribution in [3.63, 3.8) is 0 Å². The Labute approximate surface area is 187 Å². The molecule has 2 aromatic rings. The van der Waals surface area contributed by atoms with Crippen molar-refractivity contribution in [1.82, 2.24) is 14.7 Å². The van der Waals surface area contributed by atoms with E-state index in [0.717, 1.165) is 23.3 Å². The highest BCUT2D eigenvalue weighted by Crippen LogP contribution is 2.27. The lowest BCUT2D eigenvalue weighted by Crippen LogP contribution is -2.36. The highest BCUT2D eigenvalue weighted by Gasteiger charge is 2.31. The number of alkyl halides is 2. The van der Waals surface area contributed by atoms with Crippen molar-refractivity contribution in [3.05, 3.63) is 58.5 Å². The molecule has 172 valence electrons. The second kappa shape index (κ2) is 9.76. The van der Waals surface area contributed by atoms with Gasteiger partial charge in [0.15, 0.2) is 0 Å². The maximum Gasteiger partial charge on any atom is 0.285 e. The summed E-state index contributed by atoms with van der Waals surface area (Å²) in [5.74, 6) is -1.33. The number of hydrogen-bond donors (Lipinski definition) is 2. The standard InChI is InChI=1S/C19H20ClF2N5O4S/c20-16-4-2-1-3-14(16)15(11-28)19(29)26-7-12(17(23)9-26)5-25-32(30,31)13-6-24-27(8-13)10-18(21)22/h1-6,8,15,18,28H,7,9-11,23H2/b25-5+/t15-/m1/s1. The monoisotopic (exact) mass is 487 g/mol. The van der Waals surface area contributed by atoms with Crippen molar-refractivity contribution in [3.8, 4) is 0 Å². The lowest BCUT2D eigenvalue weighted by molar-refractivity contribution is -0.132. The molecule has 0 radical (unpaired) electrons. The molecule has 0 fully saturated rings. The van der Waals surface area contributed by atoms with Gasteiger partial charge in [-0.1, -0.05) is 29.8 Å². The van der Waals surface area contributed by atoms with Gasteiger partial charge in [-0.05, 0) is 11.6 Å². The summed E-state index contributed by atoms with van der Waals surface area (Å²) in [7, 11) is -4.20. The van der Waals surface area contributed by atoms with E-state index in [9.17, 15) is 27.1 Å². The minimum atomic E-state index is -4.20. The van der Waals surface area contributed by atoms with Gasteiger partial charge >= 0.3 is 0 Å². The zero-order chi connectivity index (χ0) is 23.5. The lowest BCUT2D eigenvalue weighted by atomic mass is 9.98. The molecule has 0 bridgehead atoms. The molecule has 0 aliphatic carbocycles. The molecule has 3 N–H and O–H groups in total. The van der Waals surface area contributed by atoms with Crippen LogP contribution in [0.3, 0.4) is 0 Å². The maximum atomic E-state index is 12.9. The number of aliphatic hydroxyl groups excluding tert-OH is 1. The maximum absolute atomic E-state index is 12.9. The molecule has 1 aromatic heterocycles. The second-order valence-corrected chi connectivity index (χ2v) is 9.04. The molecule has 0 spiro atoms. The van der Waals surface area contributed by atoms with Crippen molar-refractivity contribution in [2.24, 2.45) is 10.1 Å². The summed E-state index contributed by atoms with van der Waals surface area (Å²) in [4.78, 5) is 13.9. The number of aliphatic hydroxyl groups is 1. The molecule has 3 rings (SSSR count). The molecule has 32 heavy (non-hydrogen) atoms. The number of halogens is 3. The predicted molar refractivity (Wildman–Crippen MR) is 113 cm³/mol. The van der Waals surface area contributed by atoms with Crippen LogP contribution in [-0.2, 0) is 21.4 Å². The van der Waals surface area contributed by atoms with Crippen LogP contribution in [0, 0.1) is 0 Å². The van der Waals surface area contributed by atoms with Crippen LogP contribution in [0.4, 0.5) is 8.78 Å². The van der Waals surface area contributed by atoms with Gasteiger partial charge in [0, 0.05) is 35.2 Å². The van der Waals surface area contributed by atoms with Gasteiger partial charge in [-0.15, -0.1) is 0 Å². The summed E-state index contributed by atoms with van der Waals surface area (Å²) in [6.07, 6.45) is 0.212. The third-order valence-electron chi connectivity index (χ3n) is 4.79. The van der Waals surface area contributed by atoms with Gasteiger partial charge in [0.1, 0.15) is 11.4 Å². The number of nitrogens with two attached hydrogens (primary N) is 1. The van der Waals surface area contributed by atoms with Crippen LogP contribution in [0.25, 0.3) is 0 Å². The third kappa shape index (κ3) is 5.31. The highest BCUT2D eigenvalue weighted by molar-refractivity contribution is 7.90. The Morgan fingerprint density at radius 1 is 1.34 bits per heavy atom. The Morgan fingerprint density at radius 2 is 2.06 bits per heavy atom. The number of benzene rings is 1. The van der Waals surface area contributed by atoms with Gasteiger partial charge < -0.3 is 15.7 Å². The lowest BCUT2D eigenvalue weighted by Gasteiger charge is -2.23. The van der Waals surface area contributed by atoms with Gasteiger partial charge in [-0.25, -0.2) is 8.78 Å². The number of amides is 1. The van der Waals surface area contributed by atoms with E-state index in [2.05, 4.69) is 9.50 Å². The average Bonchev–Trinajstić information content (AvgIpc) is 3.35. The Bertz CT molecular complexity index is 1170. The predicted octanol–water partition coefficient (Wildman–Crippen LogP) is 1.39. The number of sulfonamides is 1. The van der Waals surface area contributed by atoms with E-state index >= 15 is 0 Å². The highest BCUT2D eigenvalue weighted by atomic mass is 35.5. The molecule has 0 saturated carbocycles. The molecule has 0 unspecified atom stereocenters. The fraction of sp³-hybridized carbons (Fsp3) is 0.316. The number of carbonyl (C=O) groups excluding carboxylic acids is 1. The topological polar surface area (TPSA) is 131 Å². The number of hydrogen-bond acceptors (Lipinski definition) is 6. The van der Waals surface area contributed by atoms with Crippen LogP contribution < -0.4 is 5.73 Å². The SMILES string of the molecule is NC1=C(/C=N/S(=O)(=O)c2cnn(CC(F)F)c2)CN(C(=O)[C@H](CO)c2ccccc2Cl)C1. The van der Waals surface area contributed by atoms with Crippen molar-refractivity contribution >= 4 is 33.7 Å². The molecule has 9 nitrogen and oxygen atoms in total. The zero-order valence-corrected chi connectivity index (χ0v) is 18.2. The Kier molecular flexibility index (Phi) is 7.26. The van der Waals surface area contributed by atoms with E-state index in [0.29, 0.717) is 16.2 Å². The van der Waals surface area contributed by atoms with Crippen LogP contribution in [0.1, 0.15) is 11.5 Å². The Balaban J connectivity index is 1.72. The van der Waals surface area contributed by atoms with Gasteiger partial charge in [-0.3, -0.25) is 9.48 Å². The number of aromatic nitrogens is 2. The van der Waals surface area contributed by atoms with E-state index < -0.39 is 41.4 Å². The van der Waals surface area contributed by atoms with Crippen molar-refractivity contribution < 1.29 is 27.1 Å². The zero-order valence-electron chi connectivity index (χ0n) is 16.6. The minimum absolute atomic E-state index is 0.0186. The molecule has 1 amide bonds. The fourth-order valence-electron chi connectivity index (χ4n) is 3.15. The third-order valence-corrected chi connectivity index (χ3v) is 6.32. The first-order valence-corrected chi connectivity index (χ1v) is 11.2. The summed E-state index contributed by atoms with van der Waals surface area (Å²) in [5.41, 5.74) is 6.96. The molecular formula is C19H20ClF2N5O4S. The van der Waals surface area contributed by atoms with E-state index in [4.69, 9.17) is 17.3 Å². The van der Waals surface area contributed by atoms with Crippen LogP contribution in [0.15, 0.2) is 57.2 Å². The normalized spacial score (nSPS) is 15.8. The Morgan fingerprint density at radius 3 is 2.72 bits per heavy atom. The minimum Gasteiger partial charge on any atom is -0.400 e. The quantitative estimate of drug-likeness (QED) is 0.541. The summed E-state index contributed by atoms with van der Waals surface area (Å²) < 4.78 is 53.9. The molecular weight excluding hydrogens is 468 g/mol. The van der Waals surface area contributed by atoms with Crippen LogP contribution in [-0.4, -0.2) is 66.4 Å². The van der Waals surface area contributed by atoms with Crippen LogP contribution in [0.5, 0.6) is 0 Å². The van der Waals surface area contributed by atoms with Gasteiger partial charge in [0.05, 0.1) is 25.3 Å². The first-order chi connectivity index (χ1) is 15.1. The molecule has 2 heterocycles. The molecule has 1 atom stereocenters. The first kappa shape index (κ1) is 23.8. The number of rotatable bonds is 8. The smallest absolute Gasteiger partial charge is 0.285 e. The fourth-order valence-corrected chi connectivity index (χ4v) is 4.24. The van der Waals surface area contributed by atoms with E-state index in [-0.39, 0.29) is 23.7 Å². The summed E-state index contributed by atoms with van der Waals surface area (Å²) in [6.45, 7) is -1.21. The van der Waals surface area contributed by atoms with Gasteiger partial charge in [0.2, 0.25) is 5.91 Å². The summed E-state index contributed by atoms with van der Waals surface area (Å²) in [6, 6.07) is 6.64. The number of nitrogens with zero attached hydrogens (tertiary/aromatic N) is 4. The molecule has 1 aliphatic heterocycles. The van der Waals surface area contributed by atoms with E-state index in [1.54, 1.807) is 24.3 Å². The summed E-state index contributed by atoms with van der Waals surface area (Å²) >= 11 is 6.14. The number of carbonyl (C=O) groups is 1. The van der Waals surface area contributed by atoms with E-state index in [1.807, 2.05) is 0 Å². The Hall–Kier alpha value is -2.83. The van der Waals surface area contributed by atoms with Crippen molar-refractivity contribution in [2.75, 3.05) is 19.7 Å². The van der Waals surface area contributed by atoms with Gasteiger partial charge in [0.25, 0.3) is 16.4 Å². The summed E-state index contributed by atoms with van der Waals surface area (Å²) in [5, 5.41) is 13.7. The van der Waals surface area contributed by atoms with Crippen molar-refractivity contribution in [2.45, 2.75) is 23.8 Å². The average molecular weight is 488 g/mol. The van der Waals surface area contributed by atoms with Gasteiger partial charge in [-0.2, -0.15) is 17.9 Å². The van der Waals surface area contributed by atoms with Crippen LogP contribution in [0.2, 0.25) is 5.02 Å². The van der Waals surface area contributed by atoms with E-state index in [1.165, 1.54) is 4.90 Å². The molecule has 1 aromatic carbocycles.